The smallest absolute Gasteiger partial charge is 0.0276 e. The van der Waals surface area contributed by atoms with Crippen LogP contribution in [0.4, 0.5) is 0 Å². The summed E-state index contributed by atoms with van der Waals surface area (Å²) >= 11 is 0. The van der Waals surface area contributed by atoms with Crippen molar-refractivity contribution in [1.29, 1.82) is 0 Å². The summed E-state index contributed by atoms with van der Waals surface area (Å²) in [4.78, 5) is 0. The van der Waals surface area contributed by atoms with Crippen molar-refractivity contribution >= 4 is 0 Å². The van der Waals surface area contributed by atoms with Crippen LogP contribution in [0.3, 0.4) is 0 Å². The van der Waals surface area contributed by atoms with Gasteiger partial charge < -0.3 is 0 Å². The molecule has 0 amide bonds. The van der Waals surface area contributed by atoms with Crippen molar-refractivity contribution in [1.82, 2.24) is 0 Å². The zero-order valence-corrected chi connectivity index (χ0v) is 6.14. The van der Waals surface area contributed by atoms with Gasteiger partial charge in [0.15, 0.2) is 0 Å². The highest BCUT2D eigenvalue weighted by molar-refractivity contribution is 5.28. The van der Waals surface area contributed by atoms with Crippen LogP contribution in [0.15, 0.2) is 24.3 Å². The molecule has 0 aliphatic heterocycles. The largest absolute Gasteiger partial charge is 0.0776 e. The number of hydrogen-bond donors (Lipinski definition) is 0. The van der Waals surface area contributed by atoms with E-state index in [0.717, 1.165) is 0 Å². The second-order valence-corrected chi connectivity index (χ2v) is 2.98. The fraction of sp³-hybridized carbons (Fsp3) is 0.500. The van der Waals surface area contributed by atoms with Crippen molar-refractivity contribution in [2.75, 3.05) is 0 Å². The zero-order chi connectivity index (χ0) is 6.81. The average Bonchev–Trinajstić information content (AvgIpc) is 2.05. The second kappa shape index (κ2) is 4.97. The Morgan fingerprint density at radius 3 is 1.58 bits per heavy atom. The van der Waals surface area contributed by atoms with Gasteiger partial charge in [0.2, 0.25) is 0 Å². The Morgan fingerprint density at radius 1 is 0.750 bits per heavy atom. The van der Waals surface area contributed by atoms with Crippen molar-refractivity contribution in [3.8, 4) is 0 Å². The van der Waals surface area contributed by atoms with Gasteiger partial charge in [0.25, 0.3) is 0 Å². The summed E-state index contributed by atoms with van der Waals surface area (Å²) < 4.78 is 0. The van der Waals surface area contributed by atoms with Crippen LogP contribution in [0.2, 0.25) is 0 Å². The first kappa shape index (κ1) is 11.2. The first-order valence-electron chi connectivity index (χ1n) is 4.03. The standard InChI is InChI=1S/C10H12.2CH4/c1-2-6-10-8-4-3-7-9(10)5-1;;/h1-2,5-6H,3-4,7-8H2;2*1H4. The highest BCUT2D eigenvalue weighted by Gasteiger charge is 2.05. The third kappa shape index (κ3) is 2.10. The predicted molar refractivity (Wildman–Crippen MR) is 56.5 cm³/mol. The Labute approximate surface area is 76.6 Å². The molecule has 0 aromatic heterocycles. The lowest BCUT2D eigenvalue weighted by Gasteiger charge is -2.13. The van der Waals surface area contributed by atoms with E-state index in [4.69, 9.17) is 0 Å². The molecule has 0 unspecified atom stereocenters. The molecular formula is C12H20. The minimum absolute atomic E-state index is 0. The van der Waals surface area contributed by atoms with Crippen molar-refractivity contribution in [2.45, 2.75) is 40.5 Å². The number of hydrogen-bond acceptors (Lipinski definition) is 0. The maximum Gasteiger partial charge on any atom is -0.0276 e. The van der Waals surface area contributed by atoms with E-state index in [1.807, 2.05) is 0 Å². The van der Waals surface area contributed by atoms with Crippen LogP contribution < -0.4 is 0 Å². The third-order valence-electron chi connectivity index (χ3n) is 2.26. The van der Waals surface area contributed by atoms with Gasteiger partial charge >= 0.3 is 0 Å². The van der Waals surface area contributed by atoms with E-state index >= 15 is 0 Å². The van der Waals surface area contributed by atoms with Crippen LogP contribution in [-0.2, 0) is 12.8 Å². The molecule has 1 aliphatic rings. The van der Waals surface area contributed by atoms with Crippen LogP contribution in [0.25, 0.3) is 0 Å². The van der Waals surface area contributed by atoms with Crippen molar-refractivity contribution in [3.05, 3.63) is 35.4 Å². The maximum absolute atomic E-state index is 2.26. The lowest BCUT2D eigenvalue weighted by atomic mass is 9.92. The summed E-state index contributed by atoms with van der Waals surface area (Å²) in [6, 6.07) is 8.80. The second-order valence-electron chi connectivity index (χ2n) is 2.98. The number of benzene rings is 1. The predicted octanol–water partition coefficient (Wildman–Crippen LogP) is 3.84. The molecule has 0 atom stereocenters. The molecule has 0 N–H and O–H groups in total. The summed E-state index contributed by atoms with van der Waals surface area (Å²) in [5, 5.41) is 0. The summed E-state index contributed by atoms with van der Waals surface area (Å²) in [5.74, 6) is 0. The lowest BCUT2D eigenvalue weighted by Crippen LogP contribution is -2.00. The normalized spacial score (nSPS) is 13.7. The Kier molecular flexibility index (Phi) is 4.65. The first-order valence-corrected chi connectivity index (χ1v) is 4.03. The number of fused-ring (bicyclic) bond motifs is 1. The Hall–Kier alpha value is -0.780. The van der Waals surface area contributed by atoms with Crippen molar-refractivity contribution in [3.63, 3.8) is 0 Å². The van der Waals surface area contributed by atoms with Crippen LogP contribution in [0.5, 0.6) is 0 Å². The molecule has 0 fully saturated rings. The maximum atomic E-state index is 2.26. The van der Waals surface area contributed by atoms with Gasteiger partial charge in [-0.2, -0.15) is 0 Å². The molecule has 1 aromatic rings. The van der Waals surface area contributed by atoms with Gasteiger partial charge in [-0.15, -0.1) is 0 Å². The molecular weight excluding hydrogens is 144 g/mol. The van der Waals surface area contributed by atoms with Gasteiger partial charge in [-0.1, -0.05) is 39.1 Å². The molecule has 0 heterocycles. The molecule has 0 heteroatoms. The molecule has 1 aromatic carbocycles. The molecule has 1 aliphatic carbocycles. The minimum atomic E-state index is 0. The summed E-state index contributed by atoms with van der Waals surface area (Å²) in [6.07, 6.45) is 5.38. The lowest BCUT2D eigenvalue weighted by molar-refractivity contribution is 0.685. The highest BCUT2D eigenvalue weighted by atomic mass is 14.1. The van der Waals surface area contributed by atoms with Gasteiger partial charge in [0, 0.05) is 0 Å². The van der Waals surface area contributed by atoms with E-state index in [9.17, 15) is 0 Å². The van der Waals surface area contributed by atoms with Gasteiger partial charge in [0.05, 0.1) is 0 Å². The summed E-state index contributed by atoms with van der Waals surface area (Å²) in [6.45, 7) is 0. The third-order valence-corrected chi connectivity index (χ3v) is 2.26. The highest BCUT2D eigenvalue weighted by Crippen LogP contribution is 2.19. The fourth-order valence-corrected chi connectivity index (χ4v) is 1.68. The molecule has 0 nitrogen and oxygen atoms in total. The van der Waals surface area contributed by atoms with E-state index in [1.165, 1.54) is 25.7 Å². The number of aryl methyl sites for hydroxylation is 2. The van der Waals surface area contributed by atoms with Crippen LogP contribution >= 0.6 is 0 Å². The SMILES string of the molecule is C.C.c1ccc2c(c1)CCCC2. The molecule has 68 valence electrons. The summed E-state index contributed by atoms with van der Waals surface area (Å²) in [7, 11) is 0. The van der Waals surface area contributed by atoms with E-state index < -0.39 is 0 Å². The minimum Gasteiger partial charge on any atom is -0.0776 e. The van der Waals surface area contributed by atoms with E-state index in [-0.39, 0.29) is 14.9 Å². The fourth-order valence-electron chi connectivity index (χ4n) is 1.68. The van der Waals surface area contributed by atoms with Gasteiger partial charge in [-0.25, -0.2) is 0 Å². The quantitative estimate of drug-likeness (QED) is 0.546. The van der Waals surface area contributed by atoms with Gasteiger partial charge in [-0.05, 0) is 36.8 Å². The van der Waals surface area contributed by atoms with Gasteiger partial charge in [-0.3, -0.25) is 0 Å². The Balaban J connectivity index is 0.000000605. The molecule has 0 spiro atoms. The molecule has 0 radical (unpaired) electrons. The molecule has 0 saturated carbocycles. The zero-order valence-electron chi connectivity index (χ0n) is 6.14. The van der Waals surface area contributed by atoms with Gasteiger partial charge in [0.1, 0.15) is 0 Å². The van der Waals surface area contributed by atoms with E-state index in [2.05, 4.69) is 24.3 Å². The van der Waals surface area contributed by atoms with Crippen LogP contribution in [0.1, 0.15) is 38.8 Å². The van der Waals surface area contributed by atoms with Crippen molar-refractivity contribution in [2.24, 2.45) is 0 Å². The summed E-state index contributed by atoms with van der Waals surface area (Å²) in [5.41, 5.74) is 3.16. The Bertz CT molecular complexity index is 200. The molecule has 0 saturated heterocycles. The Morgan fingerprint density at radius 2 is 1.17 bits per heavy atom. The molecule has 2 rings (SSSR count). The monoisotopic (exact) mass is 164 g/mol. The topological polar surface area (TPSA) is 0 Å². The molecule has 12 heavy (non-hydrogen) atoms. The average molecular weight is 164 g/mol. The molecule has 0 bridgehead atoms. The van der Waals surface area contributed by atoms with Crippen molar-refractivity contribution < 1.29 is 0 Å². The van der Waals surface area contributed by atoms with E-state index in [0.29, 0.717) is 0 Å². The first-order chi connectivity index (χ1) is 4.97. The van der Waals surface area contributed by atoms with E-state index in [1.54, 1.807) is 11.1 Å². The van der Waals surface area contributed by atoms with Crippen LogP contribution in [-0.4, -0.2) is 0 Å². The van der Waals surface area contributed by atoms with Crippen LogP contribution in [0, 0.1) is 0 Å². The number of rotatable bonds is 0.